The summed E-state index contributed by atoms with van der Waals surface area (Å²) in [5.41, 5.74) is -1.35. The Morgan fingerprint density at radius 2 is 1.82 bits per heavy atom. The maximum atomic E-state index is 14.3. The summed E-state index contributed by atoms with van der Waals surface area (Å²) < 4.78 is 12.3. The van der Waals surface area contributed by atoms with E-state index in [1.807, 2.05) is 34.6 Å². The summed E-state index contributed by atoms with van der Waals surface area (Å²) in [6.07, 6.45) is 3.37. The van der Waals surface area contributed by atoms with Crippen LogP contribution >= 0.6 is 0 Å². The molecule has 39 heavy (non-hydrogen) atoms. The van der Waals surface area contributed by atoms with E-state index in [0.717, 1.165) is 12.8 Å². The molecular formula is C30H45N3O6. The van der Waals surface area contributed by atoms with E-state index in [1.54, 1.807) is 29.2 Å². The fraction of sp³-hybridized carbons (Fsp3) is 0.700. The van der Waals surface area contributed by atoms with Crippen LogP contribution < -0.4 is 15.4 Å². The number of aliphatic hydroxyl groups excluding tert-OH is 1. The molecule has 4 rings (SSSR count). The van der Waals surface area contributed by atoms with Crippen molar-refractivity contribution in [2.75, 3.05) is 18.5 Å². The number of ether oxygens (including phenoxy) is 2. The van der Waals surface area contributed by atoms with E-state index in [0.29, 0.717) is 37.3 Å². The molecule has 9 nitrogen and oxygen atoms in total. The predicted octanol–water partition coefficient (Wildman–Crippen LogP) is 3.50. The van der Waals surface area contributed by atoms with Crippen molar-refractivity contribution in [3.8, 4) is 5.75 Å². The second-order valence-corrected chi connectivity index (χ2v) is 11.7. The van der Waals surface area contributed by atoms with Crippen molar-refractivity contribution < 1.29 is 29.0 Å². The van der Waals surface area contributed by atoms with Crippen molar-refractivity contribution in [1.82, 2.24) is 10.2 Å². The Labute approximate surface area is 232 Å². The lowest BCUT2D eigenvalue weighted by Gasteiger charge is -2.39. The van der Waals surface area contributed by atoms with E-state index in [-0.39, 0.29) is 36.3 Å². The number of aliphatic hydroxyl groups is 1. The number of nitrogens with zero attached hydrogens (tertiary/aromatic N) is 1. The summed E-state index contributed by atoms with van der Waals surface area (Å²) in [7, 11) is 0. The molecule has 3 aliphatic heterocycles. The van der Waals surface area contributed by atoms with Crippen LogP contribution in [0.3, 0.4) is 0 Å². The lowest BCUT2D eigenvalue weighted by atomic mass is 9.65. The zero-order valence-corrected chi connectivity index (χ0v) is 24.2. The molecule has 3 fully saturated rings. The van der Waals surface area contributed by atoms with E-state index < -0.39 is 35.1 Å². The maximum absolute atomic E-state index is 14.3. The summed E-state index contributed by atoms with van der Waals surface area (Å²) >= 11 is 0. The highest BCUT2D eigenvalue weighted by Gasteiger charge is 2.79. The minimum absolute atomic E-state index is 0.0703. The zero-order valence-electron chi connectivity index (χ0n) is 24.2. The number of fused-ring (bicyclic) bond motifs is 1. The Morgan fingerprint density at radius 1 is 1.13 bits per heavy atom. The minimum Gasteiger partial charge on any atom is -0.494 e. The Bertz CT molecular complexity index is 1060. The van der Waals surface area contributed by atoms with Gasteiger partial charge in [0.2, 0.25) is 17.7 Å². The molecule has 3 saturated heterocycles. The van der Waals surface area contributed by atoms with Crippen molar-refractivity contribution >= 4 is 23.4 Å². The summed E-state index contributed by atoms with van der Waals surface area (Å²) in [6.45, 7) is 12.0. The summed E-state index contributed by atoms with van der Waals surface area (Å²) in [5.74, 6) is -1.79. The summed E-state index contributed by atoms with van der Waals surface area (Å²) in [6, 6.07) is 5.60. The van der Waals surface area contributed by atoms with Gasteiger partial charge in [-0.1, -0.05) is 34.1 Å². The molecule has 0 aromatic heterocycles. The molecule has 216 valence electrons. The van der Waals surface area contributed by atoms with E-state index >= 15 is 0 Å². The first-order valence-corrected chi connectivity index (χ1v) is 14.6. The lowest BCUT2D eigenvalue weighted by molar-refractivity contribution is -0.151. The third-order valence-electron chi connectivity index (χ3n) is 9.01. The number of carbonyl (C=O) groups excluding carboxylic acids is 3. The molecule has 1 aromatic carbocycles. The van der Waals surface area contributed by atoms with Gasteiger partial charge >= 0.3 is 0 Å². The molecule has 3 unspecified atom stereocenters. The Balaban J connectivity index is 1.72. The highest BCUT2D eigenvalue weighted by atomic mass is 16.5. The first kappa shape index (κ1) is 29.3. The molecule has 2 bridgehead atoms. The molecule has 3 heterocycles. The first-order valence-electron chi connectivity index (χ1n) is 14.6. The van der Waals surface area contributed by atoms with Crippen LogP contribution in [0.15, 0.2) is 24.3 Å². The van der Waals surface area contributed by atoms with Gasteiger partial charge in [0.15, 0.2) is 0 Å². The van der Waals surface area contributed by atoms with Crippen LogP contribution in [0.1, 0.15) is 73.6 Å². The van der Waals surface area contributed by atoms with Gasteiger partial charge in [-0.2, -0.15) is 0 Å². The number of hydrogen-bond donors (Lipinski definition) is 3. The zero-order chi connectivity index (χ0) is 28.5. The monoisotopic (exact) mass is 543 g/mol. The molecule has 0 radical (unpaired) electrons. The number of anilines is 1. The molecule has 3 aliphatic rings. The number of nitrogens with one attached hydrogen (secondary N) is 2. The molecule has 0 saturated carbocycles. The quantitative estimate of drug-likeness (QED) is 0.372. The van der Waals surface area contributed by atoms with Gasteiger partial charge in [-0.25, -0.2) is 0 Å². The molecular weight excluding hydrogens is 498 g/mol. The standard InChI is InChI=1S/C30H45N3O6/c1-7-10-19(6)31-27(36)25-30-16-15-29(8-2,39-30)23(24(30)28(37)33(25)22(17-34)18(4)5)26(35)32-20-11-13-21(14-12-20)38-9-3/h11-14,18-19,22-25,34H,7-10,15-17H2,1-6H3,(H,31,36)(H,32,35)/t19?,22-,23+,24-,25?,29-,30?/m0/s1. The highest BCUT2D eigenvalue weighted by Crippen LogP contribution is 2.64. The second kappa shape index (κ2) is 11.5. The van der Waals surface area contributed by atoms with Gasteiger partial charge in [-0.05, 0) is 69.7 Å². The van der Waals surface area contributed by atoms with Crippen LogP contribution in [0.2, 0.25) is 0 Å². The Kier molecular flexibility index (Phi) is 8.61. The Hall–Kier alpha value is -2.65. The largest absolute Gasteiger partial charge is 0.494 e. The number of carbonyl (C=O) groups is 3. The third kappa shape index (κ3) is 4.92. The number of rotatable bonds is 12. The van der Waals surface area contributed by atoms with Gasteiger partial charge in [0.1, 0.15) is 17.4 Å². The van der Waals surface area contributed by atoms with Gasteiger partial charge in [-0.3, -0.25) is 14.4 Å². The van der Waals surface area contributed by atoms with Crippen LogP contribution in [0.25, 0.3) is 0 Å². The molecule has 7 atom stereocenters. The van der Waals surface area contributed by atoms with E-state index in [1.165, 1.54) is 0 Å². The van der Waals surface area contributed by atoms with E-state index in [2.05, 4.69) is 17.6 Å². The predicted molar refractivity (Wildman–Crippen MR) is 148 cm³/mol. The Morgan fingerprint density at radius 3 is 2.38 bits per heavy atom. The fourth-order valence-corrected chi connectivity index (χ4v) is 7.18. The average Bonchev–Trinajstić information content (AvgIpc) is 3.49. The molecule has 0 aliphatic carbocycles. The van der Waals surface area contributed by atoms with Crippen LogP contribution in [0.4, 0.5) is 5.69 Å². The van der Waals surface area contributed by atoms with Crippen molar-refractivity contribution in [1.29, 1.82) is 0 Å². The number of benzene rings is 1. The number of hydrogen-bond acceptors (Lipinski definition) is 6. The van der Waals surface area contributed by atoms with Crippen molar-refractivity contribution in [2.24, 2.45) is 17.8 Å². The van der Waals surface area contributed by atoms with Gasteiger partial charge in [0.25, 0.3) is 0 Å². The number of amides is 3. The van der Waals surface area contributed by atoms with Crippen molar-refractivity contribution in [3.63, 3.8) is 0 Å². The topological polar surface area (TPSA) is 117 Å². The SMILES string of the molecule is CCCC(C)NC(=O)C1N([C@@H](CO)C(C)C)C(=O)[C@@H]2[C@H](C(=O)Nc3ccc(OCC)cc3)[C@]3(CC)CCC12O3. The van der Waals surface area contributed by atoms with Crippen molar-refractivity contribution in [3.05, 3.63) is 24.3 Å². The van der Waals surface area contributed by atoms with Crippen LogP contribution in [-0.2, 0) is 19.1 Å². The molecule has 1 aromatic rings. The van der Waals surface area contributed by atoms with Crippen LogP contribution in [0.5, 0.6) is 5.75 Å². The van der Waals surface area contributed by atoms with Gasteiger partial charge in [-0.15, -0.1) is 0 Å². The van der Waals surface area contributed by atoms with Crippen LogP contribution in [-0.4, -0.2) is 70.3 Å². The first-order chi connectivity index (χ1) is 18.6. The smallest absolute Gasteiger partial charge is 0.246 e. The minimum atomic E-state index is -1.12. The summed E-state index contributed by atoms with van der Waals surface area (Å²) in [5, 5.41) is 16.5. The van der Waals surface area contributed by atoms with Gasteiger partial charge in [0.05, 0.1) is 36.7 Å². The molecule has 9 heteroatoms. The molecule has 3 N–H and O–H groups in total. The highest BCUT2D eigenvalue weighted by molar-refractivity contribution is 6.02. The van der Waals surface area contributed by atoms with Gasteiger partial charge < -0.3 is 30.1 Å². The van der Waals surface area contributed by atoms with E-state index in [9.17, 15) is 19.5 Å². The number of likely N-dealkylation sites (tertiary alicyclic amines) is 1. The van der Waals surface area contributed by atoms with Crippen LogP contribution in [0, 0.1) is 17.8 Å². The summed E-state index contributed by atoms with van der Waals surface area (Å²) in [4.78, 5) is 43.7. The molecule has 3 amide bonds. The van der Waals surface area contributed by atoms with E-state index in [4.69, 9.17) is 9.47 Å². The van der Waals surface area contributed by atoms with Gasteiger partial charge in [0, 0.05) is 11.7 Å². The maximum Gasteiger partial charge on any atom is 0.246 e. The normalized spacial score (nSPS) is 30.8. The third-order valence-corrected chi connectivity index (χ3v) is 9.01. The molecule has 1 spiro atoms. The average molecular weight is 544 g/mol. The lowest BCUT2D eigenvalue weighted by Crippen LogP contribution is -2.59. The second-order valence-electron chi connectivity index (χ2n) is 11.7. The van der Waals surface area contributed by atoms with Crippen molar-refractivity contribution in [2.45, 2.75) is 103 Å². The fourth-order valence-electron chi connectivity index (χ4n) is 7.18.